The summed E-state index contributed by atoms with van der Waals surface area (Å²) in [4.78, 5) is 14.5. The Hall–Kier alpha value is -1.87. The normalized spacial score (nSPS) is 22.3. The van der Waals surface area contributed by atoms with Gasteiger partial charge in [0, 0.05) is 18.4 Å². The minimum absolute atomic E-state index is 0.0516. The molecule has 6 nitrogen and oxygen atoms in total. The fourth-order valence-corrected chi connectivity index (χ4v) is 3.23. The molecule has 1 atom stereocenters. The number of hydrogen-bond donors (Lipinski definition) is 2. The van der Waals surface area contributed by atoms with E-state index in [-0.39, 0.29) is 5.91 Å². The molecule has 2 N–H and O–H groups in total. The number of piperidine rings is 1. The van der Waals surface area contributed by atoms with Gasteiger partial charge in [0.05, 0.1) is 5.69 Å². The maximum Gasteiger partial charge on any atom is 0.225 e. The molecule has 1 aromatic heterocycles. The van der Waals surface area contributed by atoms with Crippen LogP contribution < -0.4 is 5.32 Å². The summed E-state index contributed by atoms with van der Waals surface area (Å²) in [6.07, 6.45) is 7.20. The van der Waals surface area contributed by atoms with Crippen molar-refractivity contribution < 1.29 is 4.79 Å². The fourth-order valence-electron chi connectivity index (χ4n) is 3.23. The van der Waals surface area contributed by atoms with Crippen LogP contribution in [0.2, 0.25) is 0 Å². The number of hydrogen-bond acceptors (Lipinski definition) is 4. The second-order valence-corrected chi connectivity index (χ2v) is 6.46. The van der Waals surface area contributed by atoms with Gasteiger partial charge in [0.2, 0.25) is 5.91 Å². The number of aromatic nitrogens is 2. The first-order chi connectivity index (χ1) is 10.7. The van der Waals surface area contributed by atoms with E-state index in [1.807, 2.05) is 0 Å². The zero-order chi connectivity index (χ0) is 15.5. The molecule has 2 heterocycles. The van der Waals surface area contributed by atoms with Gasteiger partial charge in [-0.25, -0.2) is 0 Å². The molecule has 1 aliphatic heterocycles. The number of carbonyl (C=O) groups excluding carboxylic acids is 1. The summed E-state index contributed by atoms with van der Waals surface area (Å²) in [6, 6.07) is 2.66. The highest BCUT2D eigenvalue weighted by molar-refractivity contribution is 5.91. The van der Waals surface area contributed by atoms with E-state index in [9.17, 15) is 10.1 Å². The summed E-state index contributed by atoms with van der Waals surface area (Å²) in [5.41, 5.74) is 1.38. The van der Waals surface area contributed by atoms with Crippen molar-refractivity contribution in [2.75, 3.05) is 18.9 Å². The van der Waals surface area contributed by atoms with E-state index >= 15 is 0 Å². The summed E-state index contributed by atoms with van der Waals surface area (Å²) in [7, 11) is 2.13. The second kappa shape index (κ2) is 6.49. The van der Waals surface area contributed by atoms with Gasteiger partial charge in [0.15, 0.2) is 5.82 Å². The molecule has 1 aliphatic carbocycles. The quantitative estimate of drug-likeness (QED) is 0.874. The van der Waals surface area contributed by atoms with E-state index in [1.165, 1.54) is 19.3 Å². The Balaban J connectivity index is 1.54. The first-order valence-corrected chi connectivity index (χ1v) is 8.17. The molecule has 1 saturated heterocycles. The van der Waals surface area contributed by atoms with E-state index in [0.717, 1.165) is 31.5 Å². The van der Waals surface area contributed by atoms with Crippen LogP contribution in [-0.4, -0.2) is 40.6 Å². The van der Waals surface area contributed by atoms with Gasteiger partial charge in [0.25, 0.3) is 0 Å². The Morgan fingerprint density at radius 2 is 2.27 bits per heavy atom. The Morgan fingerprint density at radius 3 is 2.95 bits per heavy atom. The number of carbonyl (C=O) groups is 1. The lowest BCUT2D eigenvalue weighted by molar-refractivity contribution is -0.116. The summed E-state index contributed by atoms with van der Waals surface area (Å²) >= 11 is 0. The van der Waals surface area contributed by atoms with Gasteiger partial charge in [0.1, 0.15) is 11.6 Å². The molecule has 1 saturated carbocycles. The molecule has 0 aromatic carbocycles. The zero-order valence-corrected chi connectivity index (χ0v) is 13.1. The Bertz CT molecular complexity index is 584. The van der Waals surface area contributed by atoms with Crippen molar-refractivity contribution >= 4 is 11.7 Å². The number of rotatable bonds is 5. The van der Waals surface area contributed by atoms with E-state index in [0.29, 0.717) is 29.8 Å². The van der Waals surface area contributed by atoms with Gasteiger partial charge in [-0.15, -0.1) is 0 Å². The van der Waals surface area contributed by atoms with E-state index in [4.69, 9.17) is 0 Å². The second-order valence-electron chi connectivity index (χ2n) is 6.46. The number of nitrogens with one attached hydrogen (secondary N) is 2. The van der Waals surface area contributed by atoms with Crippen molar-refractivity contribution in [2.24, 2.45) is 0 Å². The highest BCUT2D eigenvalue weighted by Crippen LogP contribution is 2.41. The molecule has 0 spiro atoms. The number of nitriles is 1. The Labute approximate surface area is 130 Å². The van der Waals surface area contributed by atoms with Gasteiger partial charge >= 0.3 is 0 Å². The van der Waals surface area contributed by atoms with Gasteiger partial charge in [-0.05, 0) is 45.7 Å². The molecule has 22 heavy (non-hydrogen) atoms. The monoisotopic (exact) mass is 301 g/mol. The molecule has 2 fully saturated rings. The fraction of sp³-hybridized carbons (Fsp3) is 0.688. The van der Waals surface area contributed by atoms with Gasteiger partial charge in [-0.2, -0.15) is 10.4 Å². The van der Waals surface area contributed by atoms with Crippen LogP contribution in [0.3, 0.4) is 0 Å². The zero-order valence-electron chi connectivity index (χ0n) is 13.1. The third kappa shape index (κ3) is 3.30. The van der Waals surface area contributed by atoms with E-state index < -0.39 is 0 Å². The van der Waals surface area contributed by atoms with Gasteiger partial charge in [-0.1, -0.05) is 6.42 Å². The average molecular weight is 301 g/mol. The first kappa shape index (κ1) is 15.0. The number of aromatic amines is 1. The molecule has 6 heteroatoms. The van der Waals surface area contributed by atoms with Gasteiger partial charge < -0.3 is 10.2 Å². The lowest BCUT2D eigenvalue weighted by Crippen LogP contribution is -2.36. The third-order valence-corrected chi connectivity index (χ3v) is 4.78. The van der Waals surface area contributed by atoms with Crippen LogP contribution >= 0.6 is 0 Å². The Kier molecular flexibility index (Phi) is 4.44. The average Bonchev–Trinajstić information content (AvgIpc) is 3.28. The maximum atomic E-state index is 12.1. The number of nitrogens with zero attached hydrogens (tertiary/aromatic N) is 3. The molecule has 1 amide bonds. The summed E-state index contributed by atoms with van der Waals surface area (Å²) in [6.45, 7) is 1.12. The SMILES string of the molecule is CN1CCCCC1CCC(=O)Nc1n[nH]c(C2CC2)c1C#N. The van der Waals surface area contributed by atoms with Crippen molar-refractivity contribution in [3.05, 3.63) is 11.3 Å². The Morgan fingerprint density at radius 1 is 1.45 bits per heavy atom. The lowest BCUT2D eigenvalue weighted by atomic mass is 9.98. The topological polar surface area (TPSA) is 84.8 Å². The number of H-pyrrole nitrogens is 1. The summed E-state index contributed by atoms with van der Waals surface area (Å²) in [5.74, 6) is 0.763. The van der Waals surface area contributed by atoms with Crippen LogP contribution in [0.1, 0.15) is 62.1 Å². The minimum atomic E-state index is -0.0516. The number of anilines is 1. The molecule has 0 bridgehead atoms. The number of likely N-dealkylation sites (tertiary alicyclic amines) is 1. The maximum absolute atomic E-state index is 12.1. The standard InChI is InChI=1S/C16H23N5O/c1-21-9-3-2-4-12(21)7-8-14(22)18-16-13(10-17)15(19-20-16)11-5-6-11/h11-12H,2-9H2,1H3,(H2,18,19,20,22). The van der Waals surface area contributed by atoms with Crippen molar-refractivity contribution in [1.82, 2.24) is 15.1 Å². The molecule has 3 rings (SSSR count). The van der Waals surface area contributed by atoms with Crippen LogP contribution in [0.4, 0.5) is 5.82 Å². The highest BCUT2D eigenvalue weighted by Gasteiger charge is 2.30. The largest absolute Gasteiger partial charge is 0.308 e. The van der Waals surface area contributed by atoms with Crippen LogP contribution in [0.5, 0.6) is 0 Å². The third-order valence-electron chi connectivity index (χ3n) is 4.78. The molecular weight excluding hydrogens is 278 g/mol. The highest BCUT2D eigenvalue weighted by atomic mass is 16.1. The number of amides is 1. The van der Waals surface area contributed by atoms with Crippen molar-refractivity contribution in [3.63, 3.8) is 0 Å². The van der Waals surface area contributed by atoms with Crippen LogP contribution in [0.15, 0.2) is 0 Å². The molecule has 118 valence electrons. The van der Waals surface area contributed by atoms with Gasteiger partial charge in [-0.3, -0.25) is 9.89 Å². The first-order valence-electron chi connectivity index (χ1n) is 8.17. The van der Waals surface area contributed by atoms with E-state index in [2.05, 4.69) is 33.5 Å². The van der Waals surface area contributed by atoms with Crippen molar-refractivity contribution in [1.29, 1.82) is 5.26 Å². The van der Waals surface area contributed by atoms with Crippen LogP contribution in [-0.2, 0) is 4.79 Å². The minimum Gasteiger partial charge on any atom is -0.308 e. The molecule has 1 unspecified atom stereocenters. The van der Waals surface area contributed by atoms with E-state index in [1.54, 1.807) is 0 Å². The predicted octanol–water partition coefficient (Wildman–Crippen LogP) is 2.36. The predicted molar refractivity (Wildman–Crippen MR) is 83.4 cm³/mol. The molecular formula is C16H23N5O. The summed E-state index contributed by atoms with van der Waals surface area (Å²) < 4.78 is 0. The smallest absolute Gasteiger partial charge is 0.225 e. The molecule has 0 radical (unpaired) electrons. The molecule has 1 aromatic rings. The molecule has 2 aliphatic rings. The summed E-state index contributed by atoms with van der Waals surface area (Å²) in [5, 5.41) is 19.1. The van der Waals surface area contributed by atoms with Crippen LogP contribution in [0, 0.1) is 11.3 Å². The lowest BCUT2D eigenvalue weighted by Gasteiger charge is -2.32. The van der Waals surface area contributed by atoms with Crippen LogP contribution in [0.25, 0.3) is 0 Å². The van der Waals surface area contributed by atoms with Crippen molar-refractivity contribution in [2.45, 2.75) is 56.9 Å². The van der Waals surface area contributed by atoms with Crippen molar-refractivity contribution in [3.8, 4) is 6.07 Å².